The molecule has 0 heterocycles. The molecule has 1 aliphatic carbocycles. The van der Waals surface area contributed by atoms with Crippen LogP contribution in [0.4, 0.5) is 0 Å². The number of amides is 1. The SMILES string of the molecule is CCC(C)(C)C1CCC(=NNC(=O)[C@@H](O)c2ccccc2)CC1. The van der Waals surface area contributed by atoms with E-state index in [2.05, 4.69) is 31.3 Å². The van der Waals surface area contributed by atoms with E-state index in [1.807, 2.05) is 6.07 Å². The van der Waals surface area contributed by atoms with Crippen molar-refractivity contribution in [1.82, 2.24) is 5.43 Å². The molecule has 0 radical (unpaired) electrons. The van der Waals surface area contributed by atoms with Crippen molar-refractivity contribution in [1.29, 1.82) is 0 Å². The van der Waals surface area contributed by atoms with Crippen LogP contribution in [-0.2, 0) is 4.79 Å². The van der Waals surface area contributed by atoms with E-state index in [-0.39, 0.29) is 0 Å². The fourth-order valence-corrected chi connectivity index (χ4v) is 3.11. The molecule has 0 saturated heterocycles. The van der Waals surface area contributed by atoms with E-state index in [1.54, 1.807) is 24.3 Å². The van der Waals surface area contributed by atoms with Gasteiger partial charge in [0.25, 0.3) is 5.91 Å². The second-order valence-corrected chi connectivity index (χ2v) is 7.08. The predicted molar refractivity (Wildman–Crippen MR) is 93.0 cm³/mol. The van der Waals surface area contributed by atoms with Gasteiger partial charge in [0, 0.05) is 5.71 Å². The summed E-state index contributed by atoms with van der Waals surface area (Å²) in [6, 6.07) is 8.92. The quantitative estimate of drug-likeness (QED) is 0.811. The molecule has 4 nitrogen and oxygen atoms in total. The first-order valence-corrected chi connectivity index (χ1v) is 8.52. The third-order valence-corrected chi connectivity index (χ3v) is 5.27. The van der Waals surface area contributed by atoms with Crippen LogP contribution in [0, 0.1) is 11.3 Å². The number of benzene rings is 1. The number of hydrazone groups is 1. The maximum Gasteiger partial charge on any atom is 0.273 e. The Kier molecular flexibility index (Phi) is 5.94. The highest BCUT2D eigenvalue weighted by Crippen LogP contribution is 2.39. The van der Waals surface area contributed by atoms with Crippen LogP contribution in [0.15, 0.2) is 35.4 Å². The zero-order chi connectivity index (χ0) is 16.9. The Hall–Kier alpha value is -1.68. The molecular formula is C19H28N2O2. The van der Waals surface area contributed by atoms with Crippen LogP contribution in [0.1, 0.15) is 64.5 Å². The second-order valence-electron chi connectivity index (χ2n) is 7.08. The van der Waals surface area contributed by atoms with E-state index >= 15 is 0 Å². The molecule has 2 rings (SSSR count). The zero-order valence-electron chi connectivity index (χ0n) is 14.4. The highest BCUT2D eigenvalue weighted by Gasteiger charge is 2.30. The normalized spacial score (nSPS) is 20.0. The summed E-state index contributed by atoms with van der Waals surface area (Å²) in [5.74, 6) is 0.247. The molecule has 1 amide bonds. The number of hydrogen-bond acceptors (Lipinski definition) is 3. The van der Waals surface area contributed by atoms with Gasteiger partial charge in [-0.25, -0.2) is 5.43 Å². The van der Waals surface area contributed by atoms with E-state index in [0.29, 0.717) is 11.0 Å². The topological polar surface area (TPSA) is 61.7 Å². The fourth-order valence-electron chi connectivity index (χ4n) is 3.11. The van der Waals surface area contributed by atoms with Gasteiger partial charge < -0.3 is 5.11 Å². The molecule has 0 unspecified atom stereocenters. The predicted octanol–water partition coefficient (Wildman–Crippen LogP) is 3.82. The van der Waals surface area contributed by atoms with Crippen molar-refractivity contribution < 1.29 is 9.90 Å². The molecule has 1 fully saturated rings. The molecule has 126 valence electrons. The summed E-state index contributed by atoms with van der Waals surface area (Å²) in [5, 5.41) is 14.2. The third-order valence-electron chi connectivity index (χ3n) is 5.27. The Morgan fingerprint density at radius 1 is 1.30 bits per heavy atom. The molecule has 0 aromatic heterocycles. The lowest BCUT2D eigenvalue weighted by Gasteiger charge is -2.36. The molecule has 1 aliphatic rings. The van der Waals surface area contributed by atoms with E-state index in [0.717, 1.165) is 37.3 Å². The lowest BCUT2D eigenvalue weighted by molar-refractivity contribution is -0.129. The number of carbonyl (C=O) groups excluding carboxylic acids is 1. The second kappa shape index (κ2) is 7.73. The molecule has 0 bridgehead atoms. The van der Waals surface area contributed by atoms with Gasteiger partial charge in [-0.15, -0.1) is 0 Å². The summed E-state index contributed by atoms with van der Waals surface area (Å²) in [6.45, 7) is 6.91. The molecule has 1 atom stereocenters. The number of aliphatic hydroxyl groups excluding tert-OH is 1. The largest absolute Gasteiger partial charge is 0.378 e. The van der Waals surface area contributed by atoms with Crippen LogP contribution in [-0.4, -0.2) is 16.7 Å². The van der Waals surface area contributed by atoms with Crippen molar-refractivity contribution in [2.24, 2.45) is 16.4 Å². The van der Waals surface area contributed by atoms with Crippen molar-refractivity contribution in [3.05, 3.63) is 35.9 Å². The highest BCUT2D eigenvalue weighted by molar-refractivity contribution is 5.88. The Morgan fingerprint density at radius 3 is 2.48 bits per heavy atom. The Morgan fingerprint density at radius 2 is 1.91 bits per heavy atom. The minimum absolute atomic E-state index is 0.373. The minimum Gasteiger partial charge on any atom is -0.378 e. The third kappa shape index (κ3) is 4.64. The van der Waals surface area contributed by atoms with Crippen molar-refractivity contribution in [2.45, 2.75) is 59.0 Å². The molecular weight excluding hydrogens is 288 g/mol. The standard InChI is InChI=1S/C19H28N2O2/c1-4-19(2,3)15-10-12-16(13-11-15)20-21-18(23)17(22)14-8-6-5-7-9-14/h5-9,15,17,22H,4,10-13H2,1-3H3,(H,21,23)/t15?,17-/m0/s1. The monoisotopic (exact) mass is 316 g/mol. The summed E-state index contributed by atoms with van der Waals surface area (Å²) in [7, 11) is 0. The maximum atomic E-state index is 12.0. The van der Waals surface area contributed by atoms with Crippen LogP contribution < -0.4 is 5.43 Å². The molecule has 4 heteroatoms. The molecule has 0 spiro atoms. The van der Waals surface area contributed by atoms with E-state index in [4.69, 9.17) is 0 Å². The first-order valence-electron chi connectivity index (χ1n) is 8.52. The summed E-state index contributed by atoms with van der Waals surface area (Å²) in [4.78, 5) is 12.0. The van der Waals surface area contributed by atoms with Crippen molar-refractivity contribution in [3.8, 4) is 0 Å². The van der Waals surface area contributed by atoms with Gasteiger partial charge in [-0.3, -0.25) is 4.79 Å². The molecule has 1 aromatic carbocycles. The maximum absolute atomic E-state index is 12.0. The van der Waals surface area contributed by atoms with Crippen molar-refractivity contribution in [3.63, 3.8) is 0 Å². The Labute approximate surface area is 139 Å². The summed E-state index contributed by atoms with van der Waals surface area (Å²) in [5.41, 5.74) is 4.50. The first kappa shape index (κ1) is 17.7. The summed E-state index contributed by atoms with van der Waals surface area (Å²) in [6.07, 6.45) is 4.11. The number of aliphatic hydroxyl groups is 1. The van der Waals surface area contributed by atoms with Crippen molar-refractivity contribution >= 4 is 11.6 Å². The minimum atomic E-state index is -1.17. The van der Waals surface area contributed by atoms with Crippen LogP contribution >= 0.6 is 0 Å². The molecule has 23 heavy (non-hydrogen) atoms. The van der Waals surface area contributed by atoms with Gasteiger partial charge in [-0.05, 0) is 42.6 Å². The van der Waals surface area contributed by atoms with E-state index in [9.17, 15) is 9.90 Å². The van der Waals surface area contributed by atoms with Crippen LogP contribution in [0.25, 0.3) is 0 Å². The van der Waals surface area contributed by atoms with Gasteiger partial charge in [-0.1, -0.05) is 57.5 Å². The lowest BCUT2D eigenvalue weighted by Crippen LogP contribution is -2.30. The molecule has 1 aromatic rings. The fraction of sp³-hybridized carbons (Fsp3) is 0.579. The molecule has 1 saturated carbocycles. The van der Waals surface area contributed by atoms with Crippen LogP contribution in [0.3, 0.4) is 0 Å². The van der Waals surface area contributed by atoms with E-state index < -0.39 is 12.0 Å². The molecule has 0 aliphatic heterocycles. The average Bonchev–Trinajstić information content (AvgIpc) is 2.60. The average molecular weight is 316 g/mol. The summed E-state index contributed by atoms with van der Waals surface area (Å²) >= 11 is 0. The van der Waals surface area contributed by atoms with Gasteiger partial charge in [0.15, 0.2) is 6.10 Å². The Bertz CT molecular complexity index is 542. The van der Waals surface area contributed by atoms with Gasteiger partial charge in [0.2, 0.25) is 0 Å². The van der Waals surface area contributed by atoms with Crippen LogP contribution in [0.2, 0.25) is 0 Å². The zero-order valence-corrected chi connectivity index (χ0v) is 14.4. The van der Waals surface area contributed by atoms with Gasteiger partial charge in [-0.2, -0.15) is 5.10 Å². The number of rotatable bonds is 5. The smallest absolute Gasteiger partial charge is 0.273 e. The number of nitrogens with one attached hydrogen (secondary N) is 1. The number of hydrogen-bond donors (Lipinski definition) is 2. The summed E-state index contributed by atoms with van der Waals surface area (Å²) < 4.78 is 0. The number of nitrogens with zero attached hydrogens (tertiary/aromatic N) is 1. The molecule has 2 N–H and O–H groups in total. The highest BCUT2D eigenvalue weighted by atomic mass is 16.3. The lowest BCUT2D eigenvalue weighted by atomic mass is 9.69. The van der Waals surface area contributed by atoms with Crippen molar-refractivity contribution in [2.75, 3.05) is 0 Å². The van der Waals surface area contributed by atoms with Gasteiger partial charge in [0.1, 0.15) is 0 Å². The number of carbonyl (C=O) groups is 1. The van der Waals surface area contributed by atoms with Gasteiger partial charge >= 0.3 is 0 Å². The van der Waals surface area contributed by atoms with E-state index in [1.165, 1.54) is 6.42 Å². The first-order chi connectivity index (χ1) is 10.9. The van der Waals surface area contributed by atoms with Crippen LogP contribution in [0.5, 0.6) is 0 Å². The Balaban J connectivity index is 1.86. The van der Waals surface area contributed by atoms with Gasteiger partial charge in [0.05, 0.1) is 0 Å².